The summed E-state index contributed by atoms with van der Waals surface area (Å²) in [4.78, 5) is 1.09. The van der Waals surface area contributed by atoms with Crippen LogP contribution in [0.25, 0.3) is 0 Å². The van der Waals surface area contributed by atoms with Crippen molar-refractivity contribution in [3.63, 3.8) is 0 Å². The lowest BCUT2D eigenvalue weighted by atomic mass is 10.3. The molecule has 3 rings (SSSR count). The number of rotatable bonds is 5. The number of hydrogen-bond acceptors (Lipinski definition) is 5. The number of guanidine groups is 1. The van der Waals surface area contributed by atoms with Crippen LogP contribution < -0.4 is 9.64 Å². The second-order valence-corrected chi connectivity index (χ2v) is 5.78. The standard InChI is InChI=1S/C19H21N6O/c1-4-26-18-11-9-17(10-12-18)21-20-15-5-7-16(8-6-15)22-23-19-24(2)13-14-25(19)3/h5-14H,4H2,1-3H3/q+1/p+1. The second-order valence-electron chi connectivity index (χ2n) is 5.78. The van der Waals surface area contributed by atoms with Gasteiger partial charge in [-0.2, -0.15) is 19.7 Å². The highest BCUT2D eigenvalue weighted by Crippen LogP contribution is 2.23. The van der Waals surface area contributed by atoms with Gasteiger partial charge in [-0.25, -0.2) is 0 Å². The van der Waals surface area contributed by atoms with Gasteiger partial charge in [-0.1, -0.05) is 0 Å². The minimum Gasteiger partial charge on any atom is -0.494 e. The van der Waals surface area contributed by atoms with Crippen molar-refractivity contribution in [2.24, 2.45) is 20.5 Å². The van der Waals surface area contributed by atoms with E-state index in [0.717, 1.165) is 33.7 Å². The largest absolute Gasteiger partial charge is 0.524 e. The third-order valence-electron chi connectivity index (χ3n) is 3.77. The third-order valence-corrected chi connectivity index (χ3v) is 3.77. The van der Waals surface area contributed by atoms with Crippen LogP contribution in [0.2, 0.25) is 0 Å². The van der Waals surface area contributed by atoms with Gasteiger partial charge >= 0.3 is 5.96 Å². The van der Waals surface area contributed by atoms with Crippen LogP contribution in [-0.2, 0) is 0 Å². The van der Waals surface area contributed by atoms with E-state index < -0.39 is 0 Å². The minimum atomic E-state index is 0.647. The van der Waals surface area contributed by atoms with E-state index in [1.54, 1.807) is 0 Å². The van der Waals surface area contributed by atoms with Crippen molar-refractivity contribution in [1.29, 1.82) is 0 Å². The van der Waals surface area contributed by atoms with Crippen LogP contribution in [0.5, 0.6) is 5.75 Å². The molecule has 1 aliphatic heterocycles. The number of benzene rings is 2. The number of nitrogens with zero attached hydrogens (tertiary/aromatic N) is 5. The minimum absolute atomic E-state index is 0.647. The molecule has 0 bridgehead atoms. The van der Waals surface area contributed by atoms with Crippen molar-refractivity contribution >= 4 is 23.0 Å². The van der Waals surface area contributed by atoms with E-state index in [9.17, 15) is 0 Å². The first-order chi connectivity index (χ1) is 12.7. The van der Waals surface area contributed by atoms with Gasteiger partial charge in [0.2, 0.25) is 0 Å². The first-order valence-electron chi connectivity index (χ1n) is 8.44. The maximum atomic E-state index is 5.41. The summed E-state index contributed by atoms with van der Waals surface area (Å²) in [5.74, 6) is 1.68. The fourth-order valence-corrected chi connectivity index (χ4v) is 2.38. The van der Waals surface area contributed by atoms with Crippen LogP contribution in [0.15, 0.2) is 81.4 Å². The Hall–Kier alpha value is -3.19. The Morgan fingerprint density at radius 1 is 0.846 bits per heavy atom. The van der Waals surface area contributed by atoms with Crippen LogP contribution in [0, 0.1) is 0 Å². The number of nitrogens with one attached hydrogen (secondary N) is 1. The van der Waals surface area contributed by atoms with E-state index in [2.05, 4.69) is 20.5 Å². The molecule has 0 radical (unpaired) electrons. The molecule has 0 spiro atoms. The molecule has 0 saturated heterocycles. The van der Waals surface area contributed by atoms with Gasteiger partial charge in [0, 0.05) is 0 Å². The highest BCUT2D eigenvalue weighted by molar-refractivity contribution is 5.67. The highest BCUT2D eigenvalue weighted by Gasteiger charge is 2.26. The molecule has 1 aliphatic rings. The molecule has 0 amide bonds. The average Bonchev–Trinajstić information content (AvgIpc) is 2.98. The van der Waals surface area contributed by atoms with Gasteiger partial charge in [-0.05, 0) is 60.6 Å². The summed E-state index contributed by atoms with van der Waals surface area (Å²) < 4.78 is 7.35. The zero-order valence-corrected chi connectivity index (χ0v) is 15.1. The Labute approximate surface area is 152 Å². The quantitative estimate of drug-likeness (QED) is 0.650. The molecule has 1 N–H and O–H groups in total. The SMILES string of the molecule is CCOc1ccc(N=Nc2ccc(N=NC3=[N+](C)C=C[NH+]3C)cc2)cc1. The summed E-state index contributed by atoms with van der Waals surface area (Å²) in [6.45, 7) is 2.60. The number of hydrogen-bond donors (Lipinski definition) is 1. The first kappa shape index (κ1) is 17.6. The molecule has 2 aromatic rings. The summed E-state index contributed by atoms with van der Waals surface area (Å²) in [5, 5.41) is 17.0. The number of azo groups is 2. The third kappa shape index (κ3) is 4.46. The monoisotopic (exact) mass is 350 g/mol. The summed E-state index contributed by atoms with van der Waals surface area (Å²) in [6, 6.07) is 15.0. The normalized spacial score (nSPS) is 17.0. The summed E-state index contributed by atoms with van der Waals surface area (Å²) >= 11 is 0. The van der Waals surface area contributed by atoms with Crippen molar-refractivity contribution in [2.45, 2.75) is 6.92 Å². The molecule has 1 atom stereocenters. The zero-order valence-electron chi connectivity index (χ0n) is 15.1. The lowest BCUT2D eigenvalue weighted by Crippen LogP contribution is -3.06. The van der Waals surface area contributed by atoms with E-state index in [1.165, 1.54) is 0 Å². The Kier molecular flexibility index (Phi) is 5.60. The smallest absolute Gasteiger partial charge is 0.494 e. The molecule has 0 aliphatic carbocycles. The summed E-state index contributed by atoms with van der Waals surface area (Å²) in [7, 11) is 3.96. The van der Waals surface area contributed by atoms with Crippen molar-refractivity contribution in [1.82, 2.24) is 0 Å². The van der Waals surface area contributed by atoms with Crippen LogP contribution in [0.3, 0.4) is 0 Å². The molecular weight excluding hydrogens is 328 g/mol. The van der Waals surface area contributed by atoms with Crippen molar-refractivity contribution < 1.29 is 14.2 Å². The molecule has 26 heavy (non-hydrogen) atoms. The highest BCUT2D eigenvalue weighted by atomic mass is 16.5. The van der Waals surface area contributed by atoms with Crippen molar-refractivity contribution in [3.8, 4) is 5.75 Å². The maximum absolute atomic E-state index is 5.41. The lowest BCUT2D eigenvalue weighted by molar-refractivity contribution is -0.735. The Morgan fingerprint density at radius 2 is 1.35 bits per heavy atom. The Morgan fingerprint density at radius 3 is 1.81 bits per heavy atom. The molecule has 7 heteroatoms. The van der Waals surface area contributed by atoms with Gasteiger partial charge < -0.3 is 4.74 Å². The van der Waals surface area contributed by atoms with Gasteiger partial charge in [0.15, 0.2) is 0 Å². The lowest BCUT2D eigenvalue weighted by Gasteiger charge is -2.01. The number of quaternary nitrogens is 1. The molecule has 7 nitrogen and oxygen atoms in total. The molecule has 0 saturated carbocycles. The van der Waals surface area contributed by atoms with Gasteiger partial charge in [-0.15, -0.1) is 0 Å². The van der Waals surface area contributed by atoms with Crippen LogP contribution in [-0.4, -0.2) is 31.2 Å². The molecular formula is C19H22N6O+2. The van der Waals surface area contributed by atoms with E-state index in [1.807, 2.05) is 86.5 Å². The second kappa shape index (κ2) is 8.26. The average molecular weight is 350 g/mol. The van der Waals surface area contributed by atoms with Crippen LogP contribution in [0.1, 0.15) is 6.92 Å². The van der Waals surface area contributed by atoms with E-state index >= 15 is 0 Å². The van der Waals surface area contributed by atoms with Gasteiger partial charge in [0.25, 0.3) is 0 Å². The molecule has 2 aromatic carbocycles. The van der Waals surface area contributed by atoms with E-state index in [-0.39, 0.29) is 0 Å². The Bertz CT molecular complexity index is 866. The summed E-state index contributed by atoms with van der Waals surface area (Å²) in [6.07, 6.45) is 3.98. The molecule has 132 valence electrons. The maximum Gasteiger partial charge on any atom is 0.524 e. The van der Waals surface area contributed by atoms with Crippen LogP contribution in [0.4, 0.5) is 17.1 Å². The van der Waals surface area contributed by atoms with E-state index in [4.69, 9.17) is 4.74 Å². The van der Waals surface area contributed by atoms with Crippen molar-refractivity contribution in [2.75, 3.05) is 20.7 Å². The van der Waals surface area contributed by atoms with Gasteiger partial charge in [-0.3, -0.25) is 0 Å². The fourth-order valence-electron chi connectivity index (χ4n) is 2.38. The molecule has 0 fully saturated rings. The number of ether oxygens (including phenoxy) is 1. The fraction of sp³-hybridized carbons (Fsp3) is 0.211. The molecule has 1 unspecified atom stereocenters. The summed E-state index contributed by atoms with van der Waals surface area (Å²) in [5.41, 5.74) is 2.30. The topological polar surface area (TPSA) is 66.1 Å². The van der Waals surface area contributed by atoms with Gasteiger partial charge in [0.05, 0.1) is 32.1 Å². The predicted molar refractivity (Wildman–Crippen MR) is 100.0 cm³/mol. The predicted octanol–water partition coefficient (Wildman–Crippen LogP) is 3.58. The van der Waals surface area contributed by atoms with Gasteiger partial charge in [0.1, 0.15) is 29.0 Å². The zero-order chi connectivity index (χ0) is 18.4. The molecule has 1 heterocycles. The molecule has 0 aromatic heterocycles. The first-order valence-corrected chi connectivity index (χ1v) is 8.44. The Balaban J connectivity index is 1.63. The van der Waals surface area contributed by atoms with Crippen LogP contribution >= 0.6 is 0 Å². The van der Waals surface area contributed by atoms with E-state index in [0.29, 0.717) is 6.61 Å². The van der Waals surface area contributed by atoms with Crippen molar-refractivity contribution in [3.05, 3.63) is 60.9 Å².